The molecular weight excluding hydrogens is 230 g/mol. The summed E-state index contributed by atoms with van der Waals surface area (Å²) in [6, 6.07) is 2.95. The van der Waals surface area contributed by atoms with Crippen LogP contribution in [-0.4, -0.2) is 9.91 Å². The maximum absolute atomic E-state index is 10.8. The predicted octanol–water partition coefficient (Wildman–Crippen LogP) is 2.97. The molecule has 1 aromatic heterocycles. The highest BCUT2D eigenvalue weighted by Crippen LogP contribution is 2.22. The van der Waals surface area contributed by atoms with E-state index in [2.05, 4.69) is 10.3 Å². The van der Waals surface area contributed by atoms with Crippen molar-refractivity contribution in [2.75, 3.05) is 5.32 Å². The molecule has 0 aromatic carbocycles. The van der Waals surface area contributed by atoms with Gasteiger partial charge in [0.05, 0.1) is 4.92 Å². The number of hydrogen-bond acceptors (Lipinski definition) is 4. The van der Waals surface area contributed by atoms with E-state index < -0.39 is 4.92 Å². The summed E-state index contributed by atoms with van der Waals surface area (Å²) in [5.74, 6) is 0.233. The Morgan fingerprint density at radius 1 is 1.17 bits per heavy atom. The smallest absolute Gasteiger partial charge is 0.311 e. The van der Waals surface area contributed by atoms with Gasteiger partial charge in [0.1, 0.15) is 0 Å². The Morgan fingerprint density at radius 3 is 2.78 bits per heavy atom. The first-order chi connectivity index (χ1) is 8.77. The second kappa shape index (κ2) is 5.58. The lowest BCUT2D eigenvalue weighted by molar-refractivity contribution is -0.384. The van der Waals surface area contributed by atoms with E-state index in [1.807, 2.05) is 42.5 Å². The molecule has 18 heavy (non-hydrogen) atoms. The first-order valence-electron chi connectivity index (χ1n) is 5.35. The topological polar surface area (TPSA) is 68.1 Å². The maximum atomic E-state index is 10.8. The van der Waals surface area contributed by atoms with E-state index in [0.717, 1.165) is 5.70 Å². The van der Waals surface area contributed by atoms with Gasteiger partial charge in [-0.25, -0.2) is 4.98 Å². The van der Waals surface area contributed by atoms with Gasteiger partial charge in [0.2, 0.25) is 5.82 Å². The average Bonchev–Trinajstić information content (AvgIpc) is 2.33. The summed E-state index contributed by atoms with van der Waals surface area (Å²) in [6.07, 6.45) is 14.5. The quantitative estimate of drug-likeness (QED) is 0.652. The number of pyridine rings is 1. The SMILES string of the molecule is O=[N+]([O-])c1cccnc1NC1=C/C=C\C=C/C=C\1. The number of allylic oxidation sites excluding steroid dienone is 7. The molecule has 0 unspecified atom stereocenters. The second-order valence-corrected chi connectivity index (χ2v) is 3.50. The fraction of sp³-hybridized carbons (Fsp3) is 0. The van der Waals surface area contributed by atoms with Gasteiger partial charge in [-0.3, -0.25) is 10.1 Å². The van der Waals surface area contributed by atoms with Crippen LogP contribution >= 0.6 is 0 Å². The molecule has 2 rings (SSSR count). The third kappa shape index (κ3) is 2.91. The fourth-order valence-electron chi connectivity index (χ4n) is 1.43. The Labute approximate surface area is 104 Å². The molecular formula is C13H11N3O2. The largest absolute Gasteiger partial charge is 0.334 e. The molecule has 1 aliphatic carbocycles. The van der Waals surface area contributed by atoms with Crippen molar-refractivity contribution in [2.24, 2.45) is 0 Å². The zero-order chi connectivity index (χ0) is 12.8. The van der Waals surface area contributed by atoms with Crippen molar-refractivity contribution in [3.05, 3.63) is 76.7 Å². The molecule has 0 fully saturated rings. The van der Waals surface area contributed by atoms with Crippen molar-refractivity contribution >= 4 is 11.5 Å². The van der Waals surface area contributed by atoms with Gasteiger partial charge in [-0.05, 0) is 18.2 Å². The van der Waals surface area contributed by atoms with Gasteiger partial charge in [-0.1, -0.05) is 30.4 Å². The molecule has 0 saturated carbocycles. The van der Waals surface area contributed by atoms with Crippen molar-refractivity contribution in [3.63, 3.8) is 0 Å². The molecule has 1 N–H and O–H groups in total. The Morgan fingerprint density at radius 2 is 1.94 bits per heavy atom. The second-order valence-electron chi connectivity index (χ2n) is 3.50. The predicted molar refractivity (Wildman–Crippen MR) is 70.0 cm³/mol. The van der Waals surface area contributed by atoms with Gasteiger partial charge in [-0.15, -0.1) is 0 Å². The summed E-state index contributed by atoms with van der Waals surface area (Å²) >= 11 is 0. The minimum absolute atomic E-state index is 0.0478. The van der Waals surface area contributed by atoms with Crippen molar-refractivity contribution in [1.29, 1.82) is 0 Å². The highest BCUT2D eigenvalue weighted by Gasteiger charge is 2.13. The summed E-state index contributed by atoms with van der Waals surface area (Å²) in [5, 5.41) is 13.8. The zero-order valence-corrected chi connectivity index (χ0v) is 9.48. The average molecular weight is 241 g/mol. The first-order valence-corrected chi connectivity index (χ1v) is 5.35. The number of anilines is 1. The molecule has 0 saturated heterocycles. The Hall–Kier alpha value is -2.69. The van der Waals surface area contributed by atoms with Crippen LogP contribution in [0, 0.1) is 10.1 Å². The van der Waals surface area contributed by atoms with Crippen molar-refractivity contribution in [2.45, 2.75) is 0 Å². The van der Waals surface area contributed by atoms with Gasteiger partial charge in [0.15, 0.2) is 0 Å². The van der Waals surface area contributed by atoms with Crippen LogP contribution in [0.2, 0.25) is 0 Å². The van der Waals surface area contributed by atoms with Crippen LogP contribution in [0.4, 0.5) is 11.5 Å². The lowest BCUT2D eigenvalue weighted by Crippen LogP contribution is -2.02. The van der Waals surface area contributed by atoms with E-state index in [4.69, 9.17) is 0 Å². The van der Waals surface area contributed by atoms with Gasteiger partial charge >= 0.3 is 5.69 Å². The van der Waals surface area contributed by atoms with Crippen LogP contribution in [-0.2, 0) is 0 Å². The molecule has 5 heteroatoms. The van der Waals surface area contributed by atoms with Gasteiger partial charge in [0.25, 0.3) is 0 Å². The zero-order valence-electron chi connectivity index (χ0n) is 9.48. The van der Waals surface area contributed by atoms with Crippen molar-refractivity contribution < 1.29 is 4.92 Å². The first kappa shape index (κ1) is 11.8. The number of aromatic nitrogens is 1. The van der Waals surface area contributed by atoms with E-state index in [1.165, 1.54) is 18.3 Å². The molecule has 1 aliphatic rings. The van der Waals surface area contributed by atoms with E-state index in [0.29, 0.717) is 0 Å². The summed E-state index contributed by atoms with van der Waals surface area (Å²) in [7, 11) is 0. The standard InChI is InChI=1S/C13H11N3O2/c17-16(18)12-9-6-10-14-13(12)15-11-7-4-2-1-3-5-8-11/h1-10H,(H,14,15)/b2-1-,3-1?,4-2?,5-3-,7-4-,8-5?,11-7?,11-8+. The van der Waals surface area contributed by atoms with Crippen LogP contribution in [0.5, 0.6) is 0 Å². The van der Waals surface area contributed by atoms with Crippen LogP contribution in [0.25, 0.3) is 0 Å². The normalized spacial score (nSPS) is 21.9. The molecule has 5 nitrogen and oxygen atoms in total. The minimum Gasteiger partial charge on any atom is -0.334 e. The minimum atomic E-state index is -0.460. The number of nitro groups is 1. The van der Waals surface area contributed by atoms with Crippen LogP contribution in [0.1, 0.15) is 0 Å². The molecule has 0 bridgehead atoms. The number of nitrogens with zero attached hydrogens (tertiary/aromatic N) is 2. The van der Waals surface area contributed by atoms with E-state index in [9.17, 15) is 10.1 Å². The van der Waals surface area contributed by atoms with Crippen molar-refractivity contribution in [1.82, 2.24) is 4.98 Å². The maximum Gasteiger partial charge on any atom is 0.311 e. The van der Waals surface area contributed by atoms with Crippen LogP contribution in [0.3, 0.4) is 0 Å². The van der Waals surface area contributed by atoms with Gasteiger partial charge < -0.3 is 5.32 Å². The molecule has 1 aromatic rings. The lowest BCUT2D eigenvalue weighted by atomic mass is 10.2. The Bertz CT molecular complexity index is 571. The van der Waals surface area contributed by atoms with E-state index in [-0.39, 0.29) is 11.5 Å². The molecule has 0 atom stereocenters. The number of nitrogens with one attached hydrogen (secondary N) is 1. The molecule has 0 spiro atoms. The Kier molecular flexibility index (Phi) is 3.66. The number of hydrogen-bond donors (Lipinski definition) is 1. The lowest BCUT2D eigenvalue weighted by Gasteiger charge is -2.06. The van der Waals surface area contributed by atoms with Crippen LogP contribution in [0.15, 0.2) is 66.6 Å². The highest BCUT2D eigenvalue weighted by molar-refractivity contribution is 5.60. The van der Waals surface area contributed by atoms with E-state index >= 15 is 0 Å². The summed E-state index contributed by atoms with van der Waals surface area (Å²) in [5.41, 5.74) is 0.686. The Balaban J connectivity index is 2.26. The van der Waals surface area contributed by atoms with Crippen LogP contribution < -0.4 is 5.32 Å². The fourth-order valence-corrected chi connectivity index (χ4v) is 1.43. The molecule has 0 amide bonds. The summed E-state index contributed by atoms with van der Waals surface area (Å²) < 4.78 is 0. The molecule has 90 valence electrons. The third-order valence-corrected chi connectivity index (χ3v) is 2.24. The molecule has 0 radical (unpaired) electrons. The van der Waals surface area contributed by atoms with Crippen molar-refractivity contribution in [3.8, 4) is 0 Å². The van der Waals surface area contributed by atoms with Gasteiger partial charge in [0, 0.05) is 18.0 Å². The summed E-state index contributed by atoms with van der Waals surface area (Å²) in [4.78, 5) is 14.4. The summed E-state index contributed by atoms with van der Waals surface area (Å²) in [6.45, 7) is 0. The third-order valence-electron chi connectivity index (χ3n) is 2.24. The molecule has 0 aliphatic heterocycles. The molecule has 1 heterocycles. The van der Waals surface area contributed by atoms with E-state index in [1.54, 1.807) is 0 Å². The monoisotopic (exact) mass is 241 g/mol. The van der Waals surface area contributed by atoms with Gasteiger partial charge in [-0.2, -0.15) is 0 Å². The highest BCUT2D eigenvalue weighted by atomic mass is 16.6. The number of rotatable bonds is 3.